The fraction of sp³-hybridized carbons (Fsp3) is 0.308. The molecule has 0 aliphatic heterocycles. The van der Waals surface area contributed by atoms with E-state index >= 15 is 0 Å². The zero-order valence-electron chi connectivity index (χ0n) is 10.5. The third-order valence-electron chi connectivity index (χ3n) is 2.72. The highest BCUT2D eigenvalue weighted by Gasteiger charge is 2.08. The number of nitrogens with one attached hydrogen (secondary N) is 1. The molecule has 6 heteroatoms. The molecule has 0 atom stereocenters. The van der Waals surface area contributed by atoms with Crippen molar-refractivity contribution in [3.05, 3.63) is 45.4 Å². The highest BCUT2D eigenvalue weighted by Crippen LogP contribution is 2.33. The molecule has 0 saturated heterocycles. The van der Waals surface area contributed by atoms with Crippen molar-refractivity contribution in [3.63, 3.8) is 0 Å². The lowest BCUT2D eigenvalue weighted by Gasteiger charge is -2.12. The maximum atomic E-state index is 6.12. The van der Waals surface area contributed by atoms with E-state index in [2.05, 4.69) is 21.8 Å². The lowest BCUT2D eigenvalue weighted by atomic mass is 10.3. The van der Waals surface area contributed by atoms with Crippen LogP contribution in [0.15, 0.2) is 24.7 Å². The molecule has 0 fully saturated rings. The molecule has 0 saturated carbocycles. The second-order valence-corrected chi connectivity index (χ2v) is 5.43. The summed E-state index contributed by atoms with van der Waals surface area (Å²) in [6.45, 7) is 3.68. The Morgan fingerprint density at radius 1 is 1.21 bits per heavy atom. The van der Waals surface area contributed by atoms with Gasteiger partial charge in [-0.05, 0) is 18.6 Å². The van der Waals surface area contributed by atoms with Crippen LogP contribution in [0.5, 0.6) is 0 Å². The lowest BCUT2D eigenvalue weighted by Crippen LogP contribution is -2.07. The summed E-state index contributed by atoms with van der Waals surface area (Å²) < 4.78 is 2.10. The highest BCUT2D eigenvalue weighted by atomic mass is 35.5. The van der Waals surface area contributed by atoms with Gasteiger partial charge in [0.25, 0.3) is 0 Å². The van der Waals surface area contributed by atoms with Crippen LogP contribution in [-0.2, 0) is 13.1 Å². The number of aromatic nitrogens is 2. The van der Waals surface area contributed by atoms with Gasteiger partial charge < -0.3 is 9.88 Å². The standard InChI is InChI=1S/C13H14Cl3N3/c1-2-3-19-8-17-6-10(19)7-18-13-11(15)4-9(14)5-12(13)16/h4-6,8,18H,2-3,7H2,1H3. The van der Waals surface area contributed by atoms with Crippen LogP contribution in [0, 0.1) is 0 Å². The summed E-state index contributed by atoms with van der Waals surface area (Å²) in [7, 11) is 0. The Balaban J connectivity index is 2.12. The van der Waals surface area contributed by atoms with Crippen LogP contribution in [0.3, 0.4) is 0 Å². The van der Waals surface area contributed by atoms with Gasteiger partial charge >= 0.3 is 0 Å². The number of imidazole rings is 1. The number of anilines is 1. The van der Waals surface area contributed by atoms with E-state index in [1.807, 2.05) is 12.5 Å². The average molecular weight is 319 g/mol. The summed E-state index contributed by atoms with van der Waals surface area (Å²) >= 11 is 18.1. The number of hydrogen-bond acceptors (Lipinski definition) is 2. The van der Waals surface area contributed by atoms with Gasteiger partial charge in [-0.25, -0.2) is 4.98 Å². The summed E-state index contributed by atoms with van der Waals surface area (Å²) in [6.07, 6.45) is 4.72. The molecule has 2 aromatic rings. The summed E-state index contributed by atoms with van der Waals surface area (Å²) in [5, 5.41) is 4.78. The Kier molecular flexibility index (Phi) is 4.97. The number of nitrogens with zero attached hydrogens (tertiary/aromatic N) is 2. The van der Waals surface area contributed by atoms with Crippen molar-refractivity contribution in [1.29, 1.82) is 0 Å². The highest BCUT2D eigenvalue weighted by molar-refractivity contribution is 6.41. The second kappa shape index (κ2) is 6.51. The molecule has 0 aliphatic carbocycles. The lowest BCUT2D eigenvalue weighted by molar-refractivity contribution is 0.651. The van der Waals surface area contributed by atoms with Gasteiger partial charge in [-0.3, -0.25) is 0 Å². The molecule has 1 aromatic heterocycles. The molecule has 3 nitrogen and oxygen atoms in total. The Hall–Kier alpha value is -0.900. The molecule has 102 valence electrons. The summed E-state index contributed by atoms with van der Waals surface area (Å²) in [4.78, 5) is 4.15. The summed E-state index contributed by atoms with van der Waals surface area (Å²) in [5.41, 5.74) is 1.78. The fourth-order valence-corrected chi connectivity index (χ4v) is 2.78. The molecular formula is C13H14Cl3N3. The third-order valence-corrected chi connectivity index (χ3v) is 3.53. The van der Waals surface area contributed by atoms with E-state index in [0.717, 1.165) is 18.7 Å². The molecule has 1 aromatic carbocycles. The van der Waals surface area contributed by atoms with Crippen molar-refractivity contribution in [1.82, 2.24) is 9.55 Å². The smallest absolute Gasteiger partial charge is 0.0948 e. The third kappa shape index (κ3) is 3.56. The van der Waals surface area contributed by atoms with Gasteiger partial charge in [0.15, 0.2) is 0 Å². The van der Waals surface area contributed by atoms with E-state index in [9.17, 15) is 0 Å². The summed E-state index contributed by atoms with van der Waals surface area (Å²) in [5.74, 6) is 0. The molecule has 0 spiro atoms. The molecule has 0 aliphatic rings. The SMILES string of the molecule is CCCn1cncc1CNc1c(Cl)cc(Cl)cc1Cl. The molecule has 0 amide bonds. The number of halogens is 3. The number of aryl methyl sites for hydroxylation is 1. The molecule has 0 bridgehead atoms. The Morgan fingerprint density at radius 2 is 1.89 bits per heavy atom. The number of benzene rings is 1. The van der Waals surface area contributed by atoms with Crippen LogP contribution >= 0.6 is 34.8 Å². The van der Waals surface area contributed by atoms with Gasteiger partial charge in [-0.15, -0.1) is 0 Å². The monoisotopic (exact) mass is 317 g/mol. The van der Waals surface area contributed by atoms with E-state index in [1.54, 1.807) is 12.1 Å². The first kappa shape index (κ1) is 14.5. The van der Waals surface area contributed by atoms with Crippen molar-refractivity contribution in [2.45, 2.75) is 26.4 Å². The Morgan fingerprint density at radius 3 is 2.53 bits per heavy atom. The first-order valence-electron chi connectivity index (χ1n) is 5.99. The topological polar surface area (TPSA) is 29.9 Å². The first-order chi connectivity index (χ1) is 9.11. The van der Waals surface area contributed by atoms with Crippen LogP contribution < -0.4 is 5.32 Å². The van der Waals surface area contributed by atoms with Crippen molar-refractivity contribution in [2.24, 2.45) is 0 Å². The Labute approximate surface area is 127 Å². The minimum atomic E-state index is 0.513. The maximum absolute atomic E-state index is 6.12. The van der Waals surface area contributed by atoms with Crippen LogP contribution in [0.25, 0.3) is 0 Å². The van der Waals surface area contributed by atoms with Crippen LogP contribution in [-0.4, -0.2) is 9.55 Å². The van der Waals surface area contributed by atoms with Crippen molar-refractivity contribution >= 4 is 40.5 Å². The molecule has 19 heavy (non-hydrogen) atoms. The van der Waals surface area contributed by atoms with Crippen molar-refractivity contribution < 1.29 is 0 Å². The molecule has 1 heterocycles. The minimum absolute atomic E-state index is 0.513. The molecule has 2 rings (SSSR count). The predicted molar refractivity (Wildman–Crippen MR) is 81.3 cm³/mol. The van der Waals surface area contributed by atoms with E-state index in [0.29, 0.717) is 27.3 Å². The van der Waals surface area contributed by atoms with Crippen LogP contribution in [0.2, 0.25) is 15.1 Å². The largest absolute Gasteiger partial charge is 0.377 e. The van der Waals surface area contributed by atoms with E-state index in [1.165, 1.54) is 0 Å². The van der Waals surface area contributed by atoms with E-state index in [-0.39, 0.29) is 0 Å². The minimum Gasteiger partial charge on any atom is -0.377 e. The first-order valence-corrected chi connectivity index (χ1v) is 7.12. The zero-order chi connectivity index (χ0) is 13.8. The second-order valence-electron chi connectivity index (χ2n) is 4.18. The molecule has 0 unspecified atom stereocenters. The van der Waals surface area contributed by atoms with Gasteiger partial charge in [0, 0.05) is 17.8 Å². The van der Waals surface area contributed by atoms with Gasteiger partial charge in [0.05, 0.1) is 34.3 Å². The van der Waals surface area contributed by atoms with E-state index in [4.69, 9.17) is 34.8 Å². The Bertz CT molecular complexity index is 543. The number of rotatable bonds is 5. The quantitative estimate of drug-likeness (QED) is 0.852. The predicted octanol–water partition coefficient (Wildman–Crippen LogP) is 4.87. The maximum Gasteiger partial charge on any atom is 0.0948 e. The summed E-state index contributed by atoms with van der Waals surface area (Å²) in [6, 6.07) is 3.33. The average Bonchev–Trinajstić information content (AvgIpc) is 2.76. The van der Waals surface area contributed by atoms with Gasteiger partial charge in [0.2, 0.25) is 0 Å². The van der Waals surface area contributed by atoms with Gasteiger partial charge in [-0.1, -0.05) is 41.7 Å². The van der Waals surface area contributed by atoms with Crippen LogP contribution in [0.4, 0.5) is 5.69 Å². The van der Waals surface area contributed by atoms with Crippen LogP contribution in [0.1, 0.15) is 19.0 Å². The van der Waals surface area contributed by atoms with Gasteiger partial charge in [0.1, 0.15) is 0 Å². The van der Waals surface area contributed by atoms with E-state index < -0.39 is 0 Å². The van der Waals surface area contributed by atoms with Crippen molar-refractivity contribution in [2.75, 3.05) is 5.32 Å². The zero-order valence-corrected chi connectivity index (χ0v) is 12.7. The number of hydrogen-bond donors (Lipinski definition) is 1. The van der Waals surface area contributed by atoms with Crippen molar-refractivity contribution in [3.8, 4) is 0 Å². The molecule has 1 N–H and O–H groups in total. The normalized spacial score (nSPS) is 10.7. The molecule has 0 radical (unpaired) electrons. The van der Waals surface area contributed by atoms with Gasteiger partial charge in [-0.2, -0.15) is 0 Å². The molecular weight excluding hydrogens is 305 g/mol. The fourth-order valence-electron chi connectivity index (χ4n) is 1.83.